The van der Waals surface area contributed by atoms with Crippen molar-refractivity contribution in [2.75, 3.05) is 24.7 Å². The van der Waals surface area contributed by atoms with E-state index in [4.69, 9.17) is 15.7 Å². The average molecular weight is 305 g/mol. The zero-order chi connectivity index (χ0) is 16.1. The SMILES string of the molecule is COC(=O)[C@H]1CC[C@H](CNc2cc(F)c(C#N)cc2N)CC1. The van der Waals surface area contributed by atoms with Crippen LogP contribution in [0, 0.1) is 29.0 Å². The normalized spacial score (nSPS) is 21.0. The molecule has 1 aromatic carbocycles. The third kappa shape index (κ3) is 3.67. The number of esters is 1. The van der Waals surface area contributed by atoms with Gasteiger partial charge in [-0.2, -0.15) is 5.26 Å². The number of ether oxygens (including phenoxy) is 1. The number of nitrogens with zero attached hydrogens (tertiary/aromatic N) is 1. The van der Waals surface area contributed by atoms with Gasteiger partial charge in [-0.1, -0.05) is 0 Å². The average Bonchev–Trinajstić information content (AvgIpc) is 2.55. The second kappa shape index (κ2) is 7.12. The molecule has 0 aliphatic heterocycles. The highest BCUT2D eigenvalue weighted by atomic mass is 19.1. The van der Waals surface area contributed by atoms with E-state index in [1.54, 1.807) is 6.07 Å². The van der Waals surface area contributed by atoms with Gasteiger partial charge in [0.15, 0.2) is 0 Å². The molecule has 0 heterocycles. The van der Waals surface area contributed by atoms with E-state index in [2.05, 4.69) is 5.32 Å². The van der Waals surface area contributed by atoms with Crippen LogP contribution in [0.15, 0.2) is 12.1 Å². The van der Waals surface area contributed by atoms with Crippen molar-refractivity contribution >= 4 is 17.3 Å². The van der Waals surface area contributed by atoms with Crippen LogP contribution in [0.2, 0.25) is 0 Å². The fourth-order valence-electron chi connectivity index (χ4n) is 2.85. The quantitative estimate of drug-likeness (QED) is 0.659. The fraction of sp³-hybridized carbons (Fsp3) is 0.500. The second-order valence-electron chi connectivity index (χ2n) is 5.65. The van der Waals surface area contributed by atoms with E-state index in [1.807, 2.05) is 0 Å². The summed E-state index contributed by atoms with van der Waals surface area (Å²) in [7, 11) is 1.41. The Bertz CT molecular complexity index is 590. The molecule has 3 N–H and O–H groups in total. The van der Waals surface area contributed by atoms with Crippen LogP contribution >= 0.6 is 0 Å². The van der Waals surface area contributed by atoms with Gasteiger partial charge in [-0.15, -0.1) is 0 Å². The van der Waals surface area contributed by atoms with Crippen molar-refractivity contribution in [3.05, 3.63) is 23.5 Å². The van der Waals surface area contributed by atoms with Gasteiger partial charge in [0.05, 0.1) is 30.0 Å². The van der Waals surface area contributed by atoms with E-state index < -0.39 is 5.82 Å². The molecule has 0 bridgehead atoms. The topological polar surface area (TPSA) is 88.1 Å². The van der Waals surface area contributed by atoms with Crippen LogP contribution in [-0.2, 0) is 9.53 Å². The zero-order valence-corrected chi connectivity index (χ0v) is 12.6. The van der Waals surface area contributed by atoms with Crippen molar-refractivity contribution in [1.82, 2.24) is 0 Å². The third-order valence-electron chi connectivity index (χ3n) is 4.22. The molecule has 1 aliphatic rings. The van der Waals surface area contributed by atoms with Crippen LogP contribution in [0.4, 0.5) is 15.8 Å². The van der Waals surface area contributed by atoms with Gasteiger partial charge in [0.1, 0.15) is 11.9 Å². The smallest absolute Gasteiger partial charge is 0.308 e. The Morgan fingerprint density at radius 3 is 2.73 bits per heavy atom. The van der Waals surface area contributed by atoms with Crippen molar-refractivity contribution in [3.63, 3.8) is 0 Å². The maximum atomic E-state index is 13.6. The molecule has 1 fully saturated rings. The van der Waals surface area contributed by atoms with Crippen molar-refractivity contribution < 1.29 is 13.9 Å². The minimum Gasteiger partial charge on any atom is -0.469 e. The summed E-state index contributed by atoms with van der Waals surface area (Å²) < 4.78 is 18.4. The van der Waals surface area contributed by atoms with Crippen LogP contribution in [0.3, 0.4) is 0 Å². The molecule has 0 saturated heterocycles. The molecule has 0 amide bonds. The van der Waals surface area contributed by atoms with Crippen molar-refractivity contribution in [1.29, 1.82) is 5.26 Å². The number of nitriles is 1. The van der Waals surface area contributed by atoms with Gasteiger partial charge in [-0.05, 0) is 37.7 Å². The minimum atomic E-state index is -0.575. The van der Waals surface area contributed by atoms with Gasteiger partial charge in [0.25, 0.3) is 0 Å². The van der Waals surface area contributed by atoms with Gasteiger partial charge in [0, 0.05) is 12.6 Å². The third-order valence-corrected chi connectivity index (χ3v) is 4.22. The van der Waals surface area contributed by atoms with Gasteiger partial charge in [-0.25, -0.2) is 4.39 Å². The number of halogens is 1. The van der Waals surface area contributed by atoms with E-state index in [-0.39, 0.29) is 17.5 Å². The number of benzene rings is 1. The monoisotopic (exact) mass is 305 g/mol. The summed E-state index contributed by atoms with van der Waals surface area (Å²) in [4.78, 5) is 11.5. The summed E-state index contributed by atoms with van der Waals surface area (Å²) >= 11 is 0. The molecule has 22 heavy (non-hydrogen) atoms. The number of anilines is 2. The van der Waals surface area contributed by atoms with Crippen molar-refractivity contribution in [3.8, 4) is 6.07 Å². The van der Waals surface area contributed by atoms with Crippen molar-refractivity contribution in [2.45, 2.75) is 25.7 Å². The highest BCUT2D eigenvalue weighted by Gasteiger charge is 2.26. The first-order valence-electron chi connectivity index (χ1n) is 7.36. The second-order valence-corrected chi connectivity index (χ2v) is 5.65. The molecule has 0 unspecified atom stereocenters. The Kier molecular flexibility index (Phi) is 5.21. The first-order chi connectivity index (χ1) is 10.5. The molecule has 1 saturated carbocycles. The Morgan fingerprint density at radius 2 is 2.14 bits per heavy atom. The van der Waals surface area contributed by atoms with Gasteiger partial charge < -0.3 is 15.8 Å². The fourth-order valence-corrected chi connectivity index (χ4v) is 2.85. The molecule has 118 valence electrons. The van der Waals surface area contributed by atoms with Crippen LogP contribution in [0.1, 0.15) is 31.2 Å². The lowest BCUT2D eigenvalue weighted by molar-refractivity contribution is -0.146. The molecule has 0 aromatic heterocycles. The predicted octanol–water partition coefficient (Wildman–Crippen LogP) is 2.67. The van der Waals surface area contributed by atoms with Gasteiger partial charge in [0.2, 0.25) is 0 Å². The molecule has 0 spiro atoms. The maximum Gasteiger partial charge on any atom is 0.308 e. The summed E-state index contributed by atoms with van der Waals surface area (Å²) in [6.45, 7) is 0.670. The molecule has 1 aliphatic carbocycles. The van der Waals surface area contributed by atoms with E-state index in [1.165, 1.54) is 19.2 Å². The standard InChI is InChI=1S/C16H20FN3O2/c1-22-16(21)11-4-2-10(3-5-11)9-20-15-7-13(17)12(8-18)6-14(15)19/h6-7,10-11,20H,2-5,9,19H2,1H3/t10-,11-. The lowest BCUT2D eigenvalue weighted by atomic mass is 9.82. The summed E-state index contributed by atoms with van der Waals surface area (Å²) in [5, 5.41) is 11.9. The summed E-state index contributed by atoms with van der Waals surface area (Å²) in [5.74, 6) is -0.295. The number of hydrogen-bond acceptors (Lipinski definition) is 5. The Hall–Kier alpha value is -2.29. The summed E-state index contributed by atoms with van der Waals surface area (Å²) in [6.07, 6.45) is 3.48. The zero-order valence-electron chi connectivity index (χ0n) is 12.6. The molecule has 0 atom stereocenters. The maximum absolute atomic E-state index is 13.6. The molecule has 2 rings (SSSR count). The Morgan fingerprint density at radius 1 is 1.45 bits per heavy atom. The van der Waals surface area contributed by atoms with E-state index in [9.17, 15) is 9.18 Å². The lowest BCUT2D eigenvalue weighted by Gasteiger charge is -2.27. The van der Waals surface area contributed by atoms with Crippen LogP contribution in [-0.4, -0.2) is 19.6 Å². The first kappa shape index (κ1) is 16.1. The lowest BCUT2D eigenvalue weighted by Crippen LogP contribution is -2.26. The number of nitrogens with one attached hydrogen (secondary N) is 1. The van der Waals surface area contributed by atoms with Crippen LogP contribution < -0.4 is 11.1 Å². The predicted molar refractivity (Wildman–Crippen MR) is 81.5 cm³/mol. The van der Waals surface area contributed by atoms with Crippen molar-refractivity contribution in [2.24, 2.45) is 11.8 Å². The number of nitrogens with two attached hydrogens (primary N) is 1. The van der Waals surface area contributed by atoms with Crippen LogP contribution in [0.25, 0.3) is 0 Å². The van der Waals surface area contributed by atoms with E-state index in [0.717, 1.165) is 25.7 Å². The number of hydrogen-bond donors (Lipinski definition) is 2. The minimum absolute atomic E-state index is 0.00123. The number of carbonyl (C=O) groups is 1. The first-order valence-corrected chi connectivity index (χ1v) is 7.36. The molecule has 5 nitrogen and oxygen atoms in total. The summed E-state index contributed by atoms with van der Waals surface area (Å²) in [5.41, 5.74) is 6.63. The molecule has 6 heteroatoms. The Labute approximate surface area is 129 Å². The molecular formula is C16H20FN3O2. The summed E-state index contributed by atoms with van der Waals surface area (Å²) in [6, 6.07) is 4.36. The molecule has 0 radical (unpaired) electrons. The molecular weight excluding hydrogens is 285 g/mol. The largest absolute Gasteiger partial charge is 0.469 e. The van der Waals surface area contributed by atoms with Gasteiger partial charge >= 0.3 is 5.97 Å². The number of methoxy groups -OCH3 is 1. The van der Waals surface area contributed by atoms with E-state index >= 15 is 0 Å². The van der Waals surface area contributed by atoms with E-state index in [0.29, 0.717) is 23.8 Å². The number of nitrogen functional groups attached to an aromatic ring is 1. The molecule has 1 aromatic rings. The highest BCUT2D eigenvalue weighted by molar-refractivity contribution is 5.72. The number of carbonyl (C=O) groups excluding carboxylic acids is 1. The highest BCUT2D eigenvalue weighted by Crippen LogP contribution is 2.30. The Balaban J connectivity index is 1.89. The van der Waals surface area contributed by atoms with Gasteiger partial charge in [-0.3, -0.25) is 4.79 Å². The van der Waals surface area contributed by atoms with Crippen LogP contribution in [0.5, 0.6) is 0 Å². The number of rotatable bonds is 4.